The molecule has 0 radical (unpaired) electrons. The van der Waals surface area contributed by atoms with Crippen LogP contribution in [0, 0.1) is 17.8 Å². The van der Waals surface area contributed by atoms with Crippen molar-refractivity contribution in [3.63, 3.8) is 0 Å². The van der Waals surface area contributed by atoms with E-state index >= 15 is 14.4 Å². The highest BCUT2D eigenvalue weighted by Gasteiger charge is 2.76. The van der Waals surface area contributed by atoms with E-state index in [-0.39, 0.29) is 42.8 Å². The SMILES string of the molecule is COCCOC(=O)N1C(=O)[C@@]2(c3cc(C#Cc4ccc(OC)cc4)ccc31)[C@H](C(=O)Nc1nc3ccccc3s1)[C@H]1C(=O)O[C@H](c3ccccc3)[C@H](c3ccccc3)N1[C@@H]2c1cccc(OCCO)c1. The van der Waals surface area contributed by atoms with Crippen molar-refractivity contribution < 1.29 is 48.0 Å². The van der Waals surface area contributed by atoms with Gasteiger partial charge in [0.2, 0.25) is 11.8 Å². The number of para-hydroxylation sites is 1. The van der Waals surface area contributed by atoms with Crippen molar-refractivity contribution in [3.05, 3.63) is 185 Å². The van der Waals surface area contributed by atoms with E-state index in [0.29, 0.717) is 39.3 Å². The van der Waals surface area contributed by atoms with Gasteiger partial charge in [-0.3, -0.25) is 19.3 Å². The fourth-order valence-corrected chi connectivity index (χ4v) is 11.0. The molecule has 1 aromatic heterocycles. The first kappa shape index (κ1) is 45.9. The minimum absolute atomic E-state index is 0.0348. The number of morpholine rings is 1. The Morgan fingerprint density at radius 3 is 2.19 bits per heavy atom. The number of carbonyl (C=O) groups excluding carboxylic acids is 4. The van der Waals surface area contributed by atoms with Crippen LogP contribution in [-0.4, -0.2) is 85.6 Å². The van der Waals surface area contributed by atoms with Gasteiger partial charge in [0, 0.05) is 18.2 Å². The number of fused-ring (bicyclic) bond motifs is 4. The predicted molar refractivity (Wildman–Crippen MR) is 261 cm³/mol. The number of hydrogen-bond donors (Lipinski definition) is 2. The first-order valence-corrected chi connectivity index (χ1v) is 23.5. The second-order valence-corrected chi connectivity index (χ2v) is 17.9. The summed E-state index contributed by atoms with van der Waals surface area (Å²) in [6.07, 6.45) is -1.95. The molecule has 3 amide bonds. The molecule has 1 spiro atoms. The number of imide groups is 1. The zero-order valence-electron chi connectivity index (χ0n) is 38.0. The maximum atomic E-state index is 16.5. The molecule has 0 saturated carbocycles. The average molecular weight is 955 g/mol. The Bertz CT molecular complexity index is 3120. The number of nitrogens with one attached hydrogen (secondary N) is 1. The summed E-state index contributed by atoms with van der Waals surface area (Å²) in [6.45, 7) is -0.443. The van der Waals surface area contributed by atoms with Gasteiger partial charge in [0.1, 0.15) is 42.3 Å². The first-order chi connectivity index (χ1) is 34.2. The topological polar surface area (TPSA) is 166 Å². The number of carbonyl (C=O) groups is 4. The molecular formula is C55H46N4O10S. The van der Waals surface area contributed by atoms with Gasteiger partial charge < -0.3 is 34.1 Å². The molecule has 6 atom stereocenters. The molecule has 14 nitrogen and oxygen atoms in total. The van der Waals surface area contributed by atoms with Crippen LogP contribution in [0.1, 0.15) is 51.6 Å². The molecule has 3 aliphatic heterocycles. The van der Waals surface area contributed by atoms with Gasteiger partial charge in [0.15, 0.2) is 5.13 Å². The molecule has 7 aromatic rings. The Labute approximate surface area is 407 Å². The summed E-state index contributed by atoms with van der Waals surface area (Å²) < 4.78 is 29.7. The van der Waals surface area contributed by atoms with Crippen LogP contribution in [-0.2, 0) is 34.0 Å². The van der Waals surface area contributed by atoms with Crippen LogP contribution in [0.15, 0.2) is 152 Å². The lowest BCUT2D eigenvalue weighted by Gasteiger charge is -2.46. The summed E-state index contributed by atoms with van der Waals surface area (Å²) in [4.78, 5) is 70.2. The zero-order chi connectivity index (χ0) is 48.4. The molecule has 15 heteroatoms. The average Bonchev–Trinajstić information content (AvgIpc) is 4.03. The molecular weight excluding hydrogens is 909 g/mol. The number of thiazole rings is 1. The second kappa shape index (κ2) is 19.6. The number of aromatic nitrogens is 1. The van der Waals surface area contributed by atoms with Crippen molar-refractivity contribution in [1.82, 2.24) is 9.88 Å². The van der Waals surface area contributed by atoms with Crippen LogP contribution in [0.25, 0.3) is 10.2 Å². The highest BCUT2D eigenvalue weighted by atomic mass is 32.1. The Morgan fingerprint density at radius 2 is 1.46 bits per heavy atom. The number of anilines is 2. The molecule has 70 heavy (non-hydrogen) atoms. The molecule has 2 N–H and O–H groups in total. The van der Waals surface area contributed by atoms with E-state index in [0.717, 1.165) is 15.2 Å². The lowest BCUT2D eigenvalue weighted by molar-refractivity contribution is -0.177. The van der Waals surface area contributed by atoms with Gasteiger partial charge in [-0.05, 0) is 89.0 Å². The number of cyclic esters (lactones) is 1. The molecule has 10 rings (SSSR count). The van der Waals surface area contributed by atoms with Gasteiger partial charge in [-0.15, -0.1) is 0 Å². The Morgan fingerprint density at radius 1 is 0.757 bits per heavy atom. The van der Waals surface area contributed by atoms with Crippen LogP contribution in [0.4, 0.5) is 15.6 Å². The van der Waals surface area contributed by atoms with Crippen molar-refractivity contribution >= 4 is 56.2 Å². The number of methoxy groups -OCH3 is 2. The summed E-state index contributed by atoms with van der Waals surface area (Å²) in [5.41, 5.74) is 1.95. The van der Waals surface area contributed by atoms with Gasteiger partial charge in [0.05, 0.1) is 54.2 Å². The highest BCUT2D eigenvalue weighted by molar-refractivity contribution is 7.22. The smallest absolute Gasteiger partial charge is 0.421 e. The molecule has 4 heterocycles. The van der Waals surface area contributed by atoms with Crippen LogP contribution in [0.2, 0.25) is 0 Å². The number of ether oxygens (including phenoxy) is 5. The number of aliphatic hydroxyl groups is 1. The third-order valence-electron chi connectivity index (χ3n) is 12.9. The number of benzene rings is 6. The first-order valence-electron chi connectivity index (χ1n) is 22.6. The van der Waals surface area contributed by atoms with Crippen LogP contribution < -0.4 is 19.7 Å². The minimum atomic E-state index is -2.11. The number of amides is 3. The lowest BCUT2D eigenvalue weighted by atomic mass is 9.65. The highest BCUT2D eigenvalue weighted by Crippen LogP contribution is 2.66. The van der Waals surface area contributed by atoms with Gasteiger partial charge in [0.25, 0.3) is 0 Å². The summed E-state index contributed by atoms with van der Waals surface area (Å²) in [5, 5.41) is 13.1. The molecule has 0 unspecified atom stereocenters. The normalized spacial score (nSPS) is 21.4. The zero-order valence-corrected chi connectivity index (χ0v) is 38.8. The standard InChI is InChI=1S/C55H46N4O10S/c1-65-30-31-68-54(64)58-43-27-24-35(21-20-34-22-25-39(66-2)26-23-34)32-41(43)55(52(58)63)45(50(61)57-53-56-42-18-9-10-19-44(42)70-53)47-51(62)69-48(37-14-7-4-8-15-37)46(36-12-5-3-6-13-36)59(47)49(55)38-16-11-17-40(33-38)67-29-28-60/h3-19,22-27,32-33,45-49,60H,28-31H2,1-2H3,(H,56,57,61)/t45-,46-,47-,48+,49+,55-/m0/s1. The quantitative estimate of drug-likeness (QED) is 0.0687. The molecule has 352 valence electrons. The van der Waals surface area contributed by atoms with Crippen LogP contribution in [0.3, 0.4) is 0 Å². The van der Waals surface area contributed by atoms with Gasteiger partial charge in [-0.2, -0.15) is 0 Å². The van der Waals surface area contributed by atoms with E-state index in [2.05, 4.69) is 17.2 Å². The number of nitrogens with zero attached hydrogens (tertiary/aromatic N) is 3. The Hall–Kier alpha value is -7.87. The monoisotopic (exact) mass is 954 g/mol. The van der Waals surface area contributed by atoms with E-state index in [4.69, 9.17) is 28.7 Å². The van der Waals surface area contributed by atoms with Crippen molar-refractivity contribution in [1.29, 1.82) is 0 Å². The third kappa shape index (κ3) is 8.20. The molecule has 3 aliphatic rings. The summed E-state index contributed by atoms with van der Waals surface area (Å²) in [7, 11) is 3.04. The largest absolute Gasteiger partial charge is 0.497 e. The molecule has 0 bridgehead atoms. The van der Waals surface area contributed by atoms with E-state index in [1.54, 1.807) is 55.6 Å². The summed E-state index contributed by atoms with van der Waals surface area (Å²) in [6, 6.07) is 42.0. The predicted octanol–water partition coefficient (Wildman–Crippen LogP) is 8.16. The maximum Gasteiger partial charge on any atom is 0.421 e. The van der Waals surface area contributed by atoms with E-state index in [1.807, 2.05) is 108 Å². The van der Waals surface area contributed by atoms with E-state index in [9.17, 15) is 9.90 Å². The minimum Gasteiger partial charge on any atom is -0.497 e. The number of esters is 1. The molecule has 6 aromatic carbocycles. The van der Waals surface area contributed by atoms with Crippen molar-refractivity contribution in [2.45, 2.75) is 29.6 Å². The van der Waals surface area contributed by atoms with Crippen molar-refractivity contribution in [3.8, 4) is 23.3 Å². The van der Waals surface area contributed by atoms with Crippen LogP contribution in [0.5, 0.6) is 11.5 Å². The fourth-order valence-electron chi connectivity index (χ4n) is 10.1. The van der Waals surface area contributed by atoms with Gasteiger partial charge in [-0.1, -0.05) is 108 Å². The molecule has 0 aliphatic carbocycles. The van der Waals surface area contributed by atoms with E-state index in [1.165, 1.54) is 18.4 Å². The lowest BCUT2D eigenvalue weighted by Crippen LogP contribution is -2.54. The van der Waals surface area contributed by atoms with Gasteiger partial charge >= 0.3 is 12.1 Å². The van der Waals surface area contributed by atoms with Crippen molar-refractivity contribution in [2.75, 3.05) is 50.9 Å². The Balaban J connectivity index is 1.27. The summed E-state index contributed by atoms with van der Waals surface area (Å²) in [5.74, 6) is 3.58. The van der Waals surface area contributed by atoms with Crippen molar-refractivity contribution in [2.24, 2.45) is 5.92 Å². The van der Waals surface area contributed by atoms with Crippen LogP contribution >= 0.6 is 11.3 Å². The maximum absolute atomic E-state index is 16.5. The molecule has 2 saturated heterocycles. The van der Waals surface area contributed by atoms with Gasteiger partial charge in [-0.25, -0.2) is 14.7 Å². The third-order valence-corrected chi connectivity index (χ3v) is 13.9. The molecule has 2 fully saturated rings. The van der Waals surface area contributed by atoms with E-state index < -0.39 is 59.4 Å². The Kier molecular flexibility index (Phi) is 12.9. The number of hydrogen-bond acceptors (Lipinski definition) is 13. The second-order valence-electron chi connectivity index (χ2n) is 16.8. The fraction of sp³-hybridized carbons (Fsp3) is 0.218. The number of rotatable bonds is 12. The summed E-state index contributed by atoms with van der Waals surface area (Å²) >= 11 is 1.24. The number of aliphatic hydroxyl groups excluding tert-OH is 1.